The van der Waals surface area contributed by atoms with Crippen LogP contribution < -0.4 is 24.5 Å². The van der Waals surface area contributed by atoms with Crippen molar-refractivity contribution in [1.29, 1.82) is 0 Å². The van der Waals surface area contributed by atoms with E-state index < -0.39 is 0 Å². The fraction of sp³-hybridized carbons (Fsp3) is 0.222. The zero-order valence-electron chi connectivity index (χ0n) is 14.4. The van der Waals surface area contributed by atoms with Crippen molar-refractivity contribution in [2.75, 3.05) is 28.4 Å². The summed E-state index contributed by atoms with van der Waals surface area (Å²) in [4.78, 5) is 19.7. The van der Waals surface area contributed by atoms with Gasteiger partial charge in [0.05, 0.1) is 39.3 Å². The van der Waals surface area contributed by atoms with E-state index in [0.717, 1.165) is 0 Å². The van der Waals surface area contributed by atoms with Gasteiger partial charge in [-0.1, -0.05) is 12.1 Å². The van der Waals surface area contributed by atoms with Crippen molar-refractivity contribution in [3.8, 4) is 34.4 Å². The second-order valence-electron chi connectivity index (χ2n) is 5.15. The Morgan fingerprint density at radius 1 is 0.880 bits per heavy atom. The number of methoxy groups -OCH3 is 4. The van der Waals surface area contributed by atoms with Crippen LogP contribution in [0, 0.1) is 0 Å². The number of fused-ring (bicyclic) bond motifs is 1. The lowest BCUT2D eigenvalue weighted by Crippen LogP contribution is -2.10. The van der Waals surface area contributed by atoms with Crippen molar-refractivity contribution in [3.05, 3.63) is 40.7 Å². The second-order valence-corrected chi connectivity index (χ2v) is 5.15. The third kappa shape index (κ3) is 2.73. The van der Waals surface area contributed by atoms with Gasteiger partial charge in [0.25, 0.3) is 5.56 Å². The summed E-state index contributed by atoms with van der Waals surface area (Å²) in [7, 11) is 6.04. The van der Waals surface area contributed by atoms with Crippen LogP contribution in [0.3, 0.4) is 0 Å². The van der Waals surface area contributed by atoms with Crippen molar-refractivity contribution < 1.29 is 18.9 Å². The highest BCUT2D eigenvalue weighted by Crippen LogP contribution is 2.48. The molecular formula is C18H18N2O5. The molecule has 0 aliphatic rings. The Morgan fingerprint density at radius 2 is 1.56 bits per heavy atom. The SMILES string of the molecule is COc1cc(OC)c(-c2nc3ccccc3c(=O)[nH]2)c(OC)c1OC. The van der Waals surface area contributed by atoms with Crippen LogP contribution in [0.25, 0.3) is 22.3 Å². The van der Waals surface area contributed by atoms with Gasteiger partial charge in [0.15, 0.2) is 11.5 Å². The van der Waals surface area contributed by atoms with Crippen LogP contribution >= 0.6 is 0 Å². The number of nitrogens with zero attached hydrogens (tertiary/aromatic N) is 1. The Labute approximate surface area is 144 Å². The van der Waals surface area contributed by atoms with Crippen LogP contribution in [-0.4, -0.2) is 38.4 Å². The Morgan fingerprint density at radius 3 is 2.20 bits per heavy atom. The zero-order valence-corrected chi connectivity index (χ0v) is 14.4. The first-order valence-corrected chi connectivity index (χ1v) is 7.51. The summed E-state index contributed by atoms with van der Waals surface area (Å²) in [5.74, 6) is 1.95. The molecule has 1 aromatic heterocycles. The summed E-state index contributed by atoms with van der Waals surface area (Å²) in [5.41, 5.74) is 0.796. The average Bonchev–Trinajstić information content (AvgIpc) is 2.65. The van der Waals surface area contributed by atoms with Crippen LogP contribution in [0.4, 0.5) is 0 Å². The van der Waals surface area contributed by atoms with Gasteiger partial charge >= 0.3 is 0 Å². The minimum absolute atomic E-state index is 0.250. The third-order valence-corrected chi connectivity index (χ3v) is 3.86. The molecule has 0 atom stereocenters. The summed E-state index contributed by atoms with van der Waals surface area (Å²) < 4.78 is 21.7. The third-order valence-electron chi connectivity index (χ3n) is 3.86. The standard InChI is InChI=1S/C18H18N2O5/c1-22-12-9-13(23-2)15(24-3)16(25-4)14(12)17-19-11-8-6-5-7-10(11)18(21)20-17/h5-9H,1-4H3,(H,19,20,21). The Bertz CT molecular complexity index is 981. The minimum atomic E-state index is -0.250. The molecule has 0 radical (unpaired) electrons. The van der Waals surface area contributed by atoms with E-state index in [1.165, 1.54) is 28.4 Å². The molecule has 2 aromatic carbocycles. The van der Waals surface area contributed by atoms with Gasteiger partial charge in [0.1, 0.15) is 17.1 Å². The molecule has 7 heteroatoms. The van der Waals surface area contributed by atoms with Crippen LogP contribution in [0.15, 0.2) is 35.1 Å². The lowest BCUT2D eigenvalue weighted by molar-refractivity contribution is 0.319. The summed E-state index contributed by atoms with van der Waals surface area (Å²) in [6.45, 7) is 0. The molecule has 0 fully saturated rings. The molecule has 0 spiro atoms. The molecule has 3 rings (SSSR count). The molecule has 25 heavy (non-hydrogen) atoms. The number of aromatic nitrogens is 2. The Kier molecular flexibility index (Phi) is 4.47. The summed E-state index contributed by atoms with van der Waals surface area (Å²) in [6.07, 6.45) is 0. The highest BCUT2D eigenvalue weighted by atomic mass is 16.5. The Balaban J connectivity index is 2.38. The second kappa shape index (κ2) is 6.72. The number of H-pyrrole nitrogens is 1. The van der Waals surface area contributed by atoms with Gasteiger partial charge in [-0.3, -0.25) is 4.79 Å². The summed E-state index contributed by atoms with van der Waals surface area (Å²) in [5, 5.41) is 0.504. The van der Waals surface area contributed by atoms with Gasteiger partial charge in [0.2, 0.25) is 5.75 Å². The fourth-order valence-corrected chi connectivity index (χ4v) is 2.72. The monoisotopic (exact) mass is 342 g/mol. The van der Waals surface area contributed by atoms with Gasteiger partial charge in [0, 0.05) is 6.07 Å². The highest BCUT2D eigenvalue weighted by molar-refractivity contribution is 5.83. The first-order chi connectivity index (χ1) is 12.1. The van der Waals surface area contributed by atoms with Gasteiger partial charge in [-0.05, 0) is 12.1 Å². The van der Waals surface area contributed by atoms with E-state index in [-0.39, 0.29) is 5.56 Å². The minimum Gasteiger partial charge on any atom is -0.496 e. The van der Waals surface area contributed by atoms with Gasteiger partial charge in [-0.15, -0.1) is 0 Å². The number of para-hydroxylation sites is 1. The lowest BCUT2D eigenvalue weighted by atomic mass is 10.1. The van der Waals surface area contributed by atoms with Gasteiger partial charge < -0.3 is 23.9 Å². The largest absolute Gasteiger partial charge is 0.496 e. The number of hydrogen-bond acceptors (Lipinski definition) is 6. The number of ether oxygens (including phenoxy) is 4. The van der Waals surface area contributed by atoms with Crippen molar-refractivity contribution in [2.24, 2.45) is 0 Å². The zero-order chi connectivity index (χ0) is 18.0. The first-order valence-electron chi connectivity index (χ1n) is 7.51. The van der Waals surface area contributed by atoms with Crippen molar-refractivity contribution in [2.45, 2.75) is 0 Å². The molecule has 130 valence electrons. The van der Waals surface area contributed by atoms with Gasteiger partial charge in [-0.2, -0.15) is 0 Å². The van der Waals surface area contributed by atoms with Crippen LogP contribution in [0.2, 0.25) is 0 Å². The topological polar surface area (TPSA) is 82.7 Å². The highest BCUT2D eigenvalue weighted by Gasteiger charge is 2.24. The summed E-state index contributed by atoms with van der Waals surface area (Å²) >= 11 is 0. The molecule has 0 amide bonds. The van der Waals surface area contributed by atoms with Crippen LogP contribution in [0.5, 0.6) is 23.0 Å². The molecule has 1 N–H and O–H groups in total. The molecule has 3 aromatic rings. The maximum Gasteiger partial charge on any atom is 0.259 e. The number of hydrogen-bond donors (Lipinski definition) is 1. The smallest absolute Gasteiger partial charge is 0.259 e. The summed E-state index contributed by atoms with van der Waals surface area (Å²) in [6, 6.07) is 8.76. The van der Waals surface area contributed by atoms with Gasteiger partial charge in [-0.25, -0.2) is 4.98 Å². The molecule has 7 nitrogen and oxygen atoms in total. The average molecular weight is 342 g/mol. The molecule has 0 bridgehead atoms. The molecule has 0 aliphatic heterocycles. The number of rotatable bonds is 5. The Hall–Kier alpha value is -3.22. The predicted octanol–water partition coefficient (Wildman–Crippen LogP) is 2.62. The fourth-order valence-electron chi connectivity index (χ4n) is 2.72. The normalized spacial score (nSPS) is 10.6. The van der Waals surface area contributed by atoms with E-state index in [1.54, 1.807) is 24.3 Å². The van der Waals surface area contributed by atoms with E-state index in [9.17, 15) is 4.79 Å². The van der Waals surface area contributed by atoms with Crippen molar-refractivity contribution in [3.63, 3.8) is 0 Å². The van der Waals surface area contributed by atoms with E-state index in [0.29, 0.717) is 45.3 Å². The molecule has 0 saturated heterocycles. The van der Waals surface area contributed by atoms with E-state index in [4.69, 9.17) is 18.9 Å². The molecule has 0 unspecified atom stereocenters. The van der Waals surface area contributed by atoms with Crippen LogP contribution in [-0.2, 0) is 0 Å². The quantitative estimate of drug-likeness (QED) is 0.767. The van der Waals surface area contributed by atoms with E-state index >= 15 is 0 Å². The molecular weight excluding hydrogens is 324 g/mol. The van der Waals surface area contributed by atoms with E-state index in [2.05, 4.69) is 9.97 Å². The maximum atomic E-state index is 12.4. The van der Waals surface area contributed by atoms with Crippen molar-refractivity contribution in [1.82, 2.24) is 9.97 Å². The van der Waals surface area contributed by atoms with E-state index in [1.807, 2.05) is 6.07 Å². The molecule has 0 aliphatic carbocycles. The number of nitrogens with one attached hydrogen (secondary N) is 1. The number of aromatic amines is 1. The first kappa shape index (κ1) is 16.6. The predicted molar refractivity (Wildman–Crippen MR) is 94.0 cm³/mol. The maximum absolute atomic E-state index is 12.4. The van der Waals surface area contributed by atoms with Crippen molar-refractivity contribution >= 4 is 10.9 Å². The number of benzene rings is 2. The molecule has 0 saturated carbocycles. The molecule has 1 heterocycles. The van der Waals surface area contributed by atoms with Crippen LogP contribution in [0.1, 0.15) is 0 Å². The lowest BCUT2D eigenvalue weighted by Gasteiger charge is -2.18.